The summed E-state index contributed by atoms with van der Waals surface area (Å²) in [6, 6.07) is 6.85. The van der Waals surface area contributed by atoms with Crippen molar-refractivity contribution < 1.29 is 4.79 Å². The van der Waals surface area contributed by atoms with Crippen molar-refractivity contribution in [3.63, 3.8) is 0 Å². The van der Waals surface area contributed by atoms with Gasteiger partial charge >= 0.3 is 0 Å². The molecular weight excluding hydrogens is 304 g/mol. The van der Waals surface area contributed by atoms with E-state index >= 15 is 0 Å². The van der Waals surface area contributed by atoms with Gasteiger partial charge in [0.25, 0.3) is 5.91 Å². The van der Waals surface area contributed by atoms with Crippen molar-refractivity contribution in [3.8, 4) is 0 Å². The van der Waals surface area contributed by atoms with E-state index in [0.29, 0.717) is 18.2 Å². The Labute approximate surface area is 123 Å². The van der Waals surface area contributed by atoms with E-state index in [0.717, 1.165) is 16.1 Å². The molecule has 3 nitrogen and oxygen atoms in total. The van der Waals surface area contributed by atoms with E-state index in [-0.39, 0.29) is 5.91 Å². The molecule has 1 saturated carbocycles. The fraction of sp³-hybridized carbons (Fsp3) is 0.533. The van der Waals surface area contributed by atoms with Crippen LogP contribution < -0.4 is 5.32 Å². The van der Waals surface area contributed by atoms with Gasteiger partial charge in [-0.3, -0.25) is 9.69 Å². The van der Waals surface area contributed by atoms with Crippen LogP contribution in [-0.4, -0.2) is 36.5 Å². The molecular formula is C15H21BrN2O. The van der Waals surface area contributed by atoms with Gasteiger partial charge in [-0.15, -0.1) is 0 Å². The van der Waals surface area contributed by atoms with Gasteiger partial charge in [0.2, 0.25) is 0 Å². The molecule has 1 aromatic rings. The number of carbonyl (C=O) groups excluding carboxylic acids is 1. The monoisotopic (exact) mass is 324 g/mol. The Bertz CT molecular complexity index is 471. The zero-order chi connectivity index (χ0) is 14.0. The molecule has 19 heavy (non-hydrogen) atoms. The van der Waals surface area contributed by atoms with Crippen LogP contribution in [0.3, 0.4) is 0 Å². The van der Waals surface area contributed by atoms with Crippen LogP contribution in [0.5, 0.6) is 0 Å². The summed E-state index contributed by atoms with van der Waals surface area (Å²) in [7, 11) is 2.14. The number of amides is 1. The Morgan fingerprint density at radius 2 is 2.21 bits per heavy atom. The van der Waals surface area contributed by atoms with Crippen molar-refractivity contribution in [3.05, 3.63) is 33.8 Å². The van der Waals surface area contributed by atoms with Gasteiger partial charge in [-0.1, -0.05) is 12.1 Å². The largest absolute Gasteiger partial charge is 0.350 e. The minimum Gasteiger partial charge on any atom is -0.350 e. The lowest BCUT2D eigenvalue weighted by atomic mass is 10.1. The molecule has 4 heteroatoms. The maximum Gasteiger partial charge on any atom is 0.252 e. The van der Waals surface area contributed by atoms with Crippen LogP contribution in [-0.2, 0) is 0 Å². The molecule has 0 aromatic heterocycles. The molecule has 1 unspecified atom stereocenters. The number of likely N-dealkylation sites (N-methyl/N-ethyl adjacent to an activating group) is 1. The SMILES string of the molecule is Cc1cccc(C(=O)NCC(C)N(C)C2CC2)c1Br. The van der Waals surface area contributed by atoms with Crippen molar-refractivity contribution in [2.24, 2.45) is 0 Å². The van der Waals surface area contributed by atoms with E-state index in [1.54, 1.807) is 0 Å². The van der Waals surface area contributed by atoms with E-state index < -0.39 is 0 Å². The number of nitrogens with zero attached hydrogens (tertiary/aromatic N) is 1. The number of aryl methyl sites for hydroxylation is 1. The van der Waals surface area contributed by atoms with Gasteiger partial charge in [-0.05, 0) is 61.3 Å². The third-order valence-corrected chi connectivity index (χ3v) is 4.87. The summed E-state index contributed by atoms with van der Waals surface area (Å²) in [5, 5.41) is 3.02. The van der Waals surface area contributed by atoms with E-state index in [2.05, 4.69) is 40.1 Å². The highest BCUT2D eigenvalue weighted by Gasteiger charge is 2.29. The summed E-state index contributed by atoms with van der Waals surface area (Å²) in [4.78, 5) is 14.5. The minimum absolute atomic E-state index is 0.00776. The zero-order valence-corrected chi connectivity index (χ0v) is 13.3. The van der Waals surface area contributed by atoms with Crippen molar-refractivity contribution in [1.29, 1.82) is 0 Å². The van der Waals surface area contributed by atoms with E-state index in [9.17, 15) is 4.79 Å². The third-order valence-electron chi connectivity index (χ3n) is 3.81. The lowest BCUT2D eigenvalue weighted by Gasteiger charge is -2.24. The lowest BCUT2D eigenvalue weighted by Crippen LogP contribution is -2.41. The van der Waals surface area contributed by atoms with Crippen LogP contribution in [0.4, 0.5) is 0 Å². The molecule has 1 fully saturated rings. The zero-order valence-electron chi connectivity index (χ0n) is 11.7. The molecule has 0 heterocycles. The number of rotatable bonds is 5. The van der Waals surface area contributed by atoms with E-state index in [1.807, 2.05) is 25.1 Å². The van der Waals surface area contributed by atoms with Crippen LogP contribution in [0.15, 0.2) is 22.7 Å². The number of nitrogens with one attached hydrogen (secondary N) is 1. The van der Waals surface area contributed by atoms with Gasteiger partial charge < -0.3 is 5.32 Å². The van der Waals surface area contributed by atoms with Gasteiger partial charge in [0.1, 0.15) is 0 Å². The maximum atomic E-state index is 12.2. The first kappa shape index (κ1) is 14.5. The molecule has 1 amide bonds. The molecule has 0 bridgehead atoms. The van der Waals surface area contributed by atoms with Crippen LogP contribution in [0.25, 0.3) is 0 Å². The van der Waals surface area contributed by atoms with Gasteiger partial charge in [0, 0.05) is 23.1 Å². The predicted octanol–water partition coefficient (Wildman–Crippen LogP) is 2.97. The third kappa shape index (κ3) is 3.57. The molecule has 0 aliphatic heterocycles. The molecule has 0 spiro atoms. The van der Waals surface area contributed by atoms with Crippen molar-refractivity contribution in [1.82, 2.24) is 10.2 Å². The average Bonchev–Trinajstić information content (AvgIpc) is 3.22. The Morgan fingerprint density at radius 1 is 1.53 bits per heavy atom. The van der Waals surface area contributed by atoms with Gasteiger partial charge in [-0.25, -0.2) is 0 Å². The second kappa shape index (κ2) is 6.06. The first-order chi connectivity index (χ1) is 9.00. The van der Waals surface area contributed by atoms with Gasteiger partial charge in [-0.2, -0.15) is 0 Å². The molecule has 1 N–H and O–H groups in total. The van der Waals surface area contributed by atoms with Gasteiger partial charge in [0.05, 0.1) is 5.56 Å². The number of benzene rings is 1. The summed E-state index contributed by atoms with van der Waals surface area (Å²) in [5.74, 6) is -0.00776. The Morgan fingerprint density at radius 3 is 2.84 bits per heavy atom. The summed E-state index contributed by atoms with van der Waals surface area (Å²) in [6.45, 7) is 4.83. The Kier molecular flexibility index (Phi) is 4.63. The highest BCUT2D eigenvalue weighted by atomic mass is 79.9. The number of hydrogen-bond donors (Lipinski definition) is 1. The molecule has 2 rings (SSSR count). The topological polar surface area (TPSA) is 32.3 Å². The standard InChI is InChI=1S/C15H21BrN2O/c1-10-5-4-6-13(14(10)16)15(19)17-9-11(2)18(3)12-7-8-12/h4-6,11-12H,7-9H2,1-3H3,(H,17,19). The Balaban J connectivity index is 1.92. The van der Waals surface area contributed by atoms with Crippen LogP contribution in [0.2, 0.25) is 0 Å². The summed E-state index contributed by atoms with van der Waals surface area (Å²) < 4.78 is 0.885. The average molecular weight is 325 g/mol. The second-order valence-corrected chi connectivity index (χ2v) is 6.19. The summed E-state index contributed by atoms with van der Waals surface area (Å²) in [6.07, 6.45) is 2.58. The molecule has 0 radical (unpaired) electrons. The number of halogens is 1. The maximum absolute atomic E-state index is 12.2. The molecule has 1 aliphatic rings. The first-order valence-electron chi connectivity index (χ1n) is 6.76. The fourth-order valence-electron chi connectivity index (χ4n) is 2.14. The number of hydrogen-bond acceptors (Lipinski definition) is 2. The Hall–Kier alpha value is -0.870. The molecule has 0 saturated heterocycles. The highest BCUT2D eigenvalue weighted by Crippen LogP contribution is 2.26. The van der Waals surface area contributed by atoms with Crippen molar-refractivity contribution in [2.45, 2.75) is 38.8 Å². The van der Waals surface area contributed by atoms with E-state index in [4.69, 9.17) is 0 Å². The summed E-state index contributed by atoms with van der Waals surface area (Å²) in [5.41, 5.74) is 1.79. The quantitative estimate of drug-likeness (QED) is 0.903. The van der Waals surface area contributed by atoms with Gasteiger partial charge in [0.15, 0.2) is 0 Å². The van der Waals surface area contributed by atoms with Crippen LogP contribution >= 0.6 is 15.9 Å². The lowest BCUT2D eigenvalue weighted by molar-refractivity contribution is 0.0938. The fourth-order valence-corrected chi connectivity index (χ4v) is 2.59. The molecule has 1 aliphatic carbocycles. The van der Waals surface area contributed by atoms with E-state index in [1.165, 1.54) is 12.8 Å². The minimum atomic E-state index is -0.00776. The molecule has 1 aromatic carbocycles. The molecule has 1 atom stereocenters. The predicted molar refractivity (Wildman–Crippen MR) is 81.5 cm³/mol. The van der Waals surface area contributed by atoms with Crippen molar-refractivity contribution >= 4 is 21.8 Å². The number of carbonyl (C=O) groups is 1. The normalized spacial score (nSPS) is 16.5. The second-order valence-electron chi connectivity index (χ2n) is 5.39. The van der Waals surface area contributed by atoms with Crippen molar-refractivity contribution in [2.75, 3.05) is 13.6 Å². The summed E-state index contributed by atoms with van der Waals surface area (Å²) >= 11 is 3.48. The first-order valence-corrected chi connectivity index (χ1v) is 7.55. The smallest absolute Gasteiger partial charge is 0.252 e. The van der Waals surface area contributed by atoms with Crippen LogP contribution in [0.1, 0.15) is 35.7 Å². The molecule has 104 valence electrons. The van der Waals surface area contributed by atoms with Crippen LogP contribution in [0, 0.1) is 6.92 Å². The highest BCUT2D eigenvalue weighted by molar-refractivity contribution is 9.10.